The molecular formula is C10H11ClN4O. The van der Waals surface area contributed by atoms with E-state index in [-0.39, 0.29) is 5.54 Å². The quantitative estimate of drug-likeness (QED) is 0.658. The van der Waals surface area contributed by atoms with Gasteiger partial charge in [-0.05, 0) is 20.8 Å². The van der Waals surface area contributed by atoms with Crippen LogP contribution in [0.1, 0.15) is 19.7 Å². The maximum absolute atomic E-state index is 6.04. The van der Waals surface area contributed by atoms with Gasteiger partial charge in [-0.3, -0.25) is 4.57 Å². The summed E-state index contributed by atoms with van der Waals surface area (Å²) in [6.45, 7) is 6.58. The molecule has 0 fully saturated rings. The van der Waals surface area contributed by atoms with Crippen molar-refractivity contribution in [2.45, 2.75) is 26.3 Å². The van der Waals surface area contributed by atoms with Crippen LogP contribution in [0.15, 0.2) is 0 Å². The predicted molar refractivity (Wildman–Crippen MR) is 59.9 cm³/mol. The van der Waals surface area contributed by atoms with Gasteiger partial charge in [0.1, 0.15) is 17.9 Å². The van der Waals surface area contributed by atoms with Crippen molar-refractivity contribution in [2.24, 2.45) is 0 Å². The Hall–Kier alpha value is -1.36. The SMILES string of the molecule is Cc1nc(Cl)c2nc3n(c2n1)C(C)(C)CO3. The van der Waals surface area contributed by atoms with Gasteiger partial charge in [-0.15, -0.1) is 0 Å². The Morgan fingerprint density at radius 2 is 2.06 bits per heavy atom. The van der Waals surface area contributed by atoms with E-state index in [1.807, 2.05) is 11.5 Å². The zero-order valence-electron chi connectivity index (χ0n) is 9.28. The highest BCUT2D eigenvalue weighted by Crippen LogP contribution is 2.35. The molecule has 0 saturated carbocycles. The number of nitrogens with zero attached hydrogens (tertiary/aromatic N) is 4. The Morgan fingerprint density at radius 1 is 1.31 bits per heavy atom. The molecule has 0 bridgehead atoms. The summed E-state index contributed by atoms with van der Waals surface area (Å²) < 4.78 is 7.49. The van der Waals surface area contributed by atoms with Crippen LogP contribution in [-0.4, -0.2) is 26.1 Å². The van der Waals surface area contributed by atoms with E-state index in [1.54, 1.807) is 0 Å². The fraction of sp³-hybridized carbons (Fsp3) is 0.500. The van der Waals surface area contributed by atoms with Crippen molar-refractivity contribution in [1.29, 1.82) is 0 Å². The van der Waals surface area contributed by atoms with Gasteiger partial charge >= 0.3 is 0 Å². The lowest BCUT2D eigenvalue weighted by Crippen LogP contribution is -2.25. The number of hydrogen-bond donors (Lipinski definition) is 0. The Labute approximate surface area is 97.4 Å². The fourth-order valence-electron chi connectivity index (χ4n) is 1.95. The van der Waals surface area contributed by atoms with Crippen LogP contribution in [0.25, 0.3) is 11.2 Å². The lowest BCUT2D eigenvalue weighted by Gasteiger charge is -2.17. The second-order valence-electron chi connectivity index (χ2n) is 4.56. The molecule has 2 aromatic rings. The summed E-state index contributed by atoms with van der Waals surface area (Å²) in [5, 5.41) is 0.379. The zero-order chi connectivity index (χ0) is 11.5. The van der Waals surface area contributed by atoms with Crippen LogP contribution in [0.5, 0.6) is 6.01 Å². The molecule has 0 unspecified atom stereocenters. The first-order chi connectivity index (χ1) is 7.49. The van der Waals surface area contributed by atoms with Gasteiger partial charge in [0.25, 0.3) is 6.01 Å². The highest BCUT2D eigenvalue weighted by atomic mass is 35.5. The third kappa shape index (κ3) is 1.15. The molecule has 16 heavy (non-hydrogen) atoms. The second kappa shape index (κ2) is 2.85. The topological polar surface area (TPSA) is 52.8 Å². The molecule has 0 amide bonds. The minimum Gasteiger partial charge on any atom is -0.462 e. The van der Waals surface area contributed by atoms with E-state index in [9.17, 15) is 0 Å². The van der Waals surface area contributed by atoms with Crippen molar-refractivity contribution >= 4 is 22.8 Å². The van der Waals surface area contributed by atoms with E-state index < -0.39 is 0 Å². The molecule has 3 heterocycles. The summed E-state index contributed by atoms with van der Waals surface area (Å²) >= 11 is 6.04. The van der Waals surface area contributed by atoms with Crippen molar-refractivity contribution in [2.75, 3.05) is 6.61 Å². The molecule has 0 aliphatic carbocycles. The number of ether oxygens (including phenoxy) is 1. The van der Waals surface area contributed by atoms with Gasteiger partial charge in [-0.2, -0.15) is 4.98 Å². The maximum Gasteiger partial charge on any atom is 0.299 e. The summed E-state index contributed by atoms with van der Waals surface area (Å²) in [5.41, 5.74) is 1.21. The van der Waals surface area contributed by atoms with Crippen LogP contribution < -0.4 is 4.74 Å². The Balaban J connectivity index is 2.43. The predicted octanol–water partition coefficient (Wildman–Crippen LogP) is 1.92. The zero-order valence-corrected chi connectivity index (χ0v) is 10.0. The lowest BCUT2D eigenvalue weighted by molar-refractivity contribution is 0.268. The van der Waals surface area contributed by atoms with Crippen molar-refractivity contribution in [3.05, 3.63) is 11.0 Å². The van der Waals surface area contributed by atoms with E-state index in [1.165, 1.54) is 0 Å². The fourth-order valence-corrected chi connectivity index (χ4v) is 2.20. The van der Waals surface area contributed by atoms with Crippen molar-refractivity contribution in [1.82, 2.24) is 19.5 Å². The first-order valence-corrected chi connectivity index (χ1v) is 5.43. The summed E-state index contributed by atoms with van der Waals surface area (Å²) in [6.07, 6.45) is 0. The number of hydrogen-bond acceptors (Lipinski definition) is 4. The Morgan fingerprint density at radius 3 is 2.81 bits per heavy atom. The standard InChI is InChI=1S/C10H11ClN4O/c1-5-12-7(11)6-8(13-5)15-9(14-6)16-4-10(15,2)3/h4H2,1-3H3. The van der Waals surface area contributed by atoms with E-state index in [2.05, 4.69) is 28.8 Å². The third-order valence-corrected chi connectivity index (χ3v) is 2.97. The van der Waals surface area contributed by atoms with Crippen LogP contribution >= 0.6 is 11.6 Å². The lowest BCUT2D eigenvalue weighted by atomic mass is 10.1. The summed E-state index contributed by atoms with van der Waals surface area (Å²) in [7, 11) is 0. The van der Waals surface area contributed by atoms with Gasteiger partial charge in [0.15, 0.2) is 10.8 Å². The molecule has 0 saturated heterocycles. The van der Waals surface area contributed by atoms with Crippen molar-refractivity contribution in [3.63, 3.8) is 0 Å². The highest BCUT2D eigenvalue weighted by molar-refractivity contribution is 6.33. The average Bonchev–Trinajstić information content (AvgIpc) is 2.66. The maximum atomic E-state index is 6.04. The van der Waals surface area contributed by atoms with Gasteiger partial charge in [-0.25, -0.2) is 9.97 Å². The molecule has 2 aromatic heterocycles. The molecule has 3 rings (SSSR count). The Kier molecular flexibility index (Phi) is 1.75. The number of halogens is 1. The molecule has 6 heteroatoms. The third-order valence-electron chi connectivity index (χ3n) is 2.71. The largest absolute Gasteiger partial charge is 0.462 e. The second-order valence-corrected chi connectivity index (χ2v) is 4.92. The number of fused-ring (bicyclic) bond motifs is 3. The molecule has 84 valence electrons. The Bertz CT molecular complexity index is 590. The molecule has 0 atom stereocenters. The van der Waals surface area contributed by atoms with Crippen LogP contribution in [0, 0.1) is 6.92 Å². The van der Waals surface area contributed by atoms with Gasteiger partial charge in [0.05, 0.1) is 5.54 Å². The van der Waals surface area contributed by atoms with E-state index in [0.717, 1.165) is 5.65 Å². The van der Waals surface area contributed by atoms with E-state index in [4.69, 9.17) is 16.3 Å². The molecule has 1 aliphatic heterocycles. The van der Waals surface area contributed by atoms with E-state index >= 15 is 0 Å². The summed E-state index contributed by atoms with van der Waals surface area (Å²) in [4.78, 5) is 12.8. The smallest absolute Gasteiger partial charge is 0.299 e. The minimum absolute atomic E-state index is 0.145. The number of aromatic nitrogens is 4. The minimum atomic E-state index is -0.145. The highest BCUT2D eigenvalue weighted by Gasteiger charge is 2.35. The molecule has 1 aliphatic rings. The van der Waals surface area contributed by atoms with E-state index in [0.29, 0.717) is 29.1 Å². The van der Waals surface area contributed by atoms with Gasteiger partial charge in [0, 0.05) is 0 Å². The molecular weight excluding hydrogens is 228 g/mol. The molecule has 0 spiro atoms. The van der Waals surface area contributed by atoms with Crippen LogP contribution in [-0.2, 0) is 5.54 Å². The number of imidazole rings is 1. The van der Waals surface area contributed by atoms with Crippen LogP contribution in [0.2, 0.25) is 5.15 Å². The monoisotopic (exact) mass is 238 g/mol. The molecule has 0 radical (unpaired) electrons. The first kappa shape index (κ1) is 9.84. The van der Waals surface area contributed by atoms with Crippen LogP contribution in [0.4, 0.5) is 0 Å². The van der Waals surface area contributed by atoms with Crippen molar-refractivity contribution in [3.8, 4) is 6.01 Å². The van der Waals surface area contributed by atoms with Gasteiger partial charge in [0.2, 0.25) is 0 Å². The number of rotatable bonds is 0. The summed E-state index contributed by atoms with van der Waals surface area (Å²) in [6, 6.07) is 0.571. The summed E-state index contributed by atoms with van der Waals surface area (Å²) in [5.74, 6) is 0.642. The van der Waals surface area contributed by atoms with Gasteiger partial charge < -0.3 is 4.74 Å². The molecule has 5 nitrogen and oxygen atoms in total. The van der Waals surface area contributed by atoms with Crippen LogP contribution in [0.3, 0.4) is 0 Å². The van der Waals surface area contributed by atoms with Gasteiger partial charge in [-0.1, -0.05) is 11.6 Å². The first-order valence-electron chi connectivity index (χ1n) is 5.05. The van der Waals surface area contributed by atoms with Crippen molar-refractivity contribution < 1.29 is 4.74 Å². The molecule has 0 aromatic carbocycles. The average molecular weight is 239 g/mol. The normalized spacial score (nSPS) is 17.5. The molecule has 0 N–H and O–H groups in total. The number of aryl methyl sites for hydroxylation is 1.